The van der Waals surface area contributed by atoms with Gasteiger partial charge in [-0.1, -0.05) is 24.4 Å². The summed E-state index contributed by atoms with van der Waals surface area (Å²) in [4.78, 5) is 0.411. The second-order valence-electron chi connectivity index (χ2n) is 4.26. The number of hydrogen-bond donors (Lipinski definition) is 1. The number of aryl methyl sites for hydroxylation is 1. The quantitative estimate of drug-likeness (QED) is 0.818. The Morgan fingerprint density at radius 2 is 2.12 bits per heavy atom. The van der Waals surface area contributed by atoms with E-state index in [0.29, 0.717) is 4.99 Å². The van der Waals surface area contributed by atoms with E-state index >= 15 is 0 Å². The molecule has 0 aliphatic heterocycles. The van der Waals surface area contributed by atoms with Crippen molar-refractivity contribution in [2.45, 2.75) is 38.7 Å². The van der Waals surface area contributed by atoms with E-state index in [9.17, 15) is 0 Å². The van der Waals surface area contributed by atoms with Crippen molar-refractivity contribution in [3.63, 3.8) is 0 Å². The third-order valence-corrected chi connectivity index (χ3v) is 3.39. The lowest BCUT2D eigenvalue weighted by Gasteiger charge is -2.21. The fourth-order valence-electron chi connectivity index (χ4n) is 2.11. The summed E-state index contributed by atoms with van der Waals surface area (Å²) in [7, 11) is 0. The van der Waals surface area contributed by atoms with E-state index in [-0.39, 0.29) is 6.10 Å². The van der Waals surface area contributed by atoms with Gasteiger partial charge in [-0.15, -0.1) is 0 Å². The van der Waals surface area contributed by atoms with Gasteiger partial charge in [0.25, 0.3) is 0 Å². The molecule has 0 saturated heterocycles. The van der Waals surface area contributed by atoms with Gasteiger partial charge in [0.05, 0.1) is 0 Å². The predicted octanol–water partition coefficient (Wildman–Crippen LogP) is 2.62. The first-order valence-corrected chi connectivity index (χ1v) is 6.16. The van der Waals surface area contributed by atoms with Crippen molar-refractivity contribution >= 4 is 17.2 Å². The zero-order valence-corrected chi connectivity index (χ0v) is 10.3. The summed E-state index contributed by atoms with van der Waals surface area (Å²) in [5, 5.41) is 0. The Bertz CT molecular complexity index is 403. The molecule has 2 rings (SSSR count). The van der Waals surface area contributed by atoms with Crippen molar-refractivity contribution in [1.82, 2.24) is 0 Å². The van der Waals surface area contributed by atoms with Crippen LogP contribution in [0.3, 0.4) is 0 Å². The largest absolute Gasteiger partial charge is 0.483 e. The van der Waals surface area contributed by atoms with Gasteiger partial charge in [-0.2, -0.15) is 0 Å². The Morgan fingerprint density at radius 1 is 1.38 bits per heavy atom. The number of benzene rings is 1. The van der Waals surface area contributed by atoms with E-state index in [2.05, 4.69) is 6.07 Å². The molecule has 0 heterocycles. The predicted molar refractivity (Wildman–Crippen MR) is 70.0 cm³/mol. The summed E-state index contributed by atoms with van der Waals surface area (Å²) in [6.45, 7) is 1.89. The molecule has 1 aromatic rings. The van der Waals surface area contributed by atoms with Crippen molar-refractivity contribution in [1.29, 1.82) is 0 Å². The fraction of sp³-hybridized carbons (Fsp3) is 0.462. The maximum Gasteiger partial charge on any atom is 0.145 e. The van der Waals surface area contributed by atoms with Gasteiger partial charge < -0.3 is 10.5 Å². The second kappa shape index (κ2) is 4.83. The number of rotatable bonds is 3. The smallest absolute Gasteiger partial charge is 0.145 e. The highest BCUT2D eigenvalue weighted by Gasteiger charge is 2.16. The fourth-order valence-corrected chi connectivity index (χ4v) is 2.15. The SMILES string of the molecule is CC(Oc1cccc2c1CCCC2)C(N)=S. The van der Waals surface area contributed by atoms with Crippen LogP contribution in [0.2, 0.25) is 0 Å². The second-order valence-corrected chi connectivity index (χ2v) is 4.73. The van der Waals surface area contributed by atoms with Crippen LogP contribution in [0.5, 0.6) is 5.75 Å². The molecule has 1 atom stereocenters. The maximum absolute atomic E-state index is 5.81. The first-order valence-electron chi connectivity index (χ1n) is 5.75. The third kappa shape index (κ3) is 2.35. The molecule has 16 heavy (non-hydrogen) atoms. The van der Waals surface area contributed by atoms with E-state index in [1.165, 1.54) is 24.0 Å². The minimum Gasteiger partial charge on any atom is -0.483 e. The molecule has 2 nitrogen and oxygen atoms in total. The Kier molecular flexibility index (Phi) is 3.44. The highest BCUT2D eigenvalue weighted by Crippen LogP contribution is 2.30. The van der Waals surface area contributed by atoms with Gasteiger partial charge in [0, 0.05) is 0 Å². The van der Waals surface area contributed by atoms with Gasteiger partial charge in [-0.3, -0.25) is 0 Å². The average Bonchev–Trinajstić information content (AvgIpc) is 2.29. The van der Waals surface area contributed by atoms with Crippen LogP contribution in [0.25, 0.3) is 0 Å². The number of ether oxygens (including phenoxy) is 1. The number of fused-ring (bicyclic) bond motifs is 1. The number of hydrogen-bond acceptors (Lipinski definition) is 2. The summed E-state index contributed by atoms with van der Waals surface area (Å²) < 4.78 is 5.81. The monoisotopic (exact) mass is 235 g/mol. The van der Waals surface area contributed by atoms with Crippen molar-refractivity contribution in [3.8, 4) is 5.75 Å². The van der Waals surface area contributed by atoms with Crippen LogP contribution in [0, 0.1) is 0 Å². The lowest BCUT2D eigenvalue weighted by atomic mass is 9.91. The van der Waals surface area contributed by atoms with Crippen molar-refractivity contribution < 1.29 is 4.74 Å². The minimum absolute atomic E-state index is 0.191. The maximum atomic E-state index is 5.81. The first-order chi connectivity index (χ1) is 7.68. The molecule has 0 amide bonds. The normalized spacial score (nSPS) is 16.3. The molecule has 1 unspecified atom stereocenters. The standard InChI is InChI=1S/C13H17NOS/c1-9(13(14)16)15-12-8-4-6-10-5-2-3-7-11(10)12/h4,6,8-9H,2-3,5,7H2,1H3,(H2,14,16). The molecule has 2 N–H and O–H groups in total. The van der Waals surface area contributed by atoms with E-state index in [1.54, 1.807) is 0 Å². The van der Waals surface area contributed by atoms with Crippen LogP contribution in [0.15, 0.2) is 18.2 Å². The molecular weight excluding hydrogens is 218 g/mol. The van der Waals surface area contributed by atoms with Crippen LogP contribution in [0.1, 0.15) is 30.9 Å². The van der Waals surface area contributed by atoms with Crippen molar-refractivity contribution in [2.75, 3.05) is 0 Å². The molecule has 0 spiro atoms. The van der Waals surface area contributed by atoms with E-state index in [1.807, 2.05) is 19.1 Å². The highest BCUT2D eigenvalue weighted by atomic mass is 32.1. The topological polar surface area (TPSA) is 35.2 Å². The van der Waals surface area contributed by atoms with Crippen LogP contribution in [-0.2, 0) is 12.8 Å². The molecule has 3 heteroatoms. The summed E-state index contributed by atoms with van der Waals surface area (Å²) in [5.74, 6) is 0.956. The zero-order valence-electron chi connectivity index (χ0n) is 9.53. The van der Waals surface area contributed by atoms with Crippen LogP contribution < -0.4 is 10.5 Å². The van der Waals surface area contributed by atoms with Crippen molar-refractivity contribution in [2.24, 2.45) is 5.73 Å². The van der Waals surface area contributed by atoms with Gasteiger partial charge in [0.1, 0.15) is 16.8 Å². The van der Waals surface area contributed by atoms with Gasteiger partial charge in [0.15, 0.2) is 0 Å². The van der Waals surface area contributed by atoms with E-state index < -0.39 is 0 Å². The first kappa shape index (κ1) is 11.4. The lowest BCUT2D eigenvalue weighted by molar-refractivity contribution is 0.284. The molecular formula is C13H17NOS. The van der Waals surface area contributed by atoms with Crippen LogP contribution in [-0.4, -0.2) is 11.1 Å². The molecule has 0 bridgehead atoms. The summed E-state index contributed by atoms with van der Waals surface area (Å²) >= 11 is 4.92. The molecule has 0 aromatic heterocycles. The van der Waals surface area contributed by atoms with Crippen LogP contribution in [0.4, 0.5) is 0 Å². The molecule has 0 fully saturated rings. The number of thiocarbonyl (C=S) groups is 1. The van der Waals surface area contributed by atoms with Crippen LogP contribution >= 0.6 is 12.2 Å². The summed E-state index contributed by atoms with van der Waals surface area (Å²) in [6, 6.07) is 6.25. The van der Waals surface area contributed by atoms with Gasteiger partial charge in [-0.25, -0.2) is 0 Å². The highest BCUT2D eigenvalue weighted by molar-refractivity contribution is 7.80. The molecule has 1 aliphatic carbocycles. The lowest BCUT2D eigenvalue weighted by Crippen LogP contribution is -2.29. The average molecular weight is 235 g/mol. The molecule has 0 radical (unpaired) electrons. The van der Waals surface area contributed by atoms with Gasteiger partial charge in [-0.05, 0) is 49.8 Å². The Labute approximate surface area is 102 Å². The molecule has 86 valence electrons. The Hall–Kier alpha value is -1.09. The number of nitrogens with two attached hydrogens (primary N) is 1. The third-order valence-electron chi connectivity index (χ3n) is 3.06. The molecule has 1 aliphatic rings. The van der Waals surface area contributed by atoms with Gasteiger partial charge in [0.2, 0.25) is 0 Å². The molecule has 1 aromatic carbocycles. The van der Waals surface area contributed by atoms with E-state index in [0.717, 1.165) is 18.6 Å². The van der Waals surface area contributed by atoms with Crippen molar-refractivity contribution in [3.05, 3.63) is 29.3 Å². The van der Waals surface area contributed by atoms with E-state index in [4.69, 9.17) is 22.7 Å². The summed E-state index contributed by atoms with van der Waals surface area (Å²) in [5.41, 5.74) is 8.33. The summed E-state index contributed by atoms with van der Waals surface area (Å²) in [6.07, 6.45) is 4.60. The Morgan fingerprint density at radius 3 is 2.88 bits per heavy atom. The molecule has 0 saturated carbocycles. The Balaban J connectivity index is 2.24. The van der Waals surface area contributed by atoms with Gasteiger partial charge >= 0.3 is 0 Å². The zero-order chi connectivity index (χ0) is 11.5. The minimum atomic E-state index is -0.191.